The lowest BCUT2D eigenvalue weighted by atomic mass is 10.1. The van der Waals surface area contributed by atoms with Crippen LogP contribution in [0.5, 0.6) is 0 Å². The van der Waals surface area contributed by atoms with Gasteiger partial charge >= 0.3 is 0 Å². The molecule has 0 fully saturated rings. The van der Waals surface area contributed by atoms with Crippen molar-refractivity contribution in [1.82, 2.24) is 9.38 Å². The van der Waals surface area contributed by atoms with E-state index in [4.69, 9.17) is 5.26 Å². The highest BCUT2D eigenvalue weighted by Gasteiger charge is 2.12. The van der Waals surface area contributed by atoms with E-state index in [-0.39, 0.29) is 12.2 Å². The number of fused-ring (bicyclic) bond motifs is 1. The molecular weight excluding hydrogens is 253 g/mol. The van der Waals surface area contributed by atoms with E-state index in [2.05, 4.69) is 11.1 Å². The van der Waals surface area contributed by atoms with E-state index in [0.29, 0.717) is 12.1 Å². The molecule has 0 aliphatic rings. The minimum atomic E-state index is -0.333. The summed E-state index contributed by atoms with van der Waals surface area (Å²) in [4.78, 5) is 4.51. The first-order valence-corrected chi connectivity index (χ1v) is 6.34. The molecule has 0 bridgehead atoms. The van der Waals surface area contributed by atoms with Gasteiger partial charge in [0.15, 0.2) is 0 Å². The molecular formula is C16H12FN3. The molecule has 0 amide bonds. The van der Waals surface area contributed by atoms with Crippen LogP contribution in [0.25, 0.3) is 5.65 Å². The Labute approximate surface area is 115 Å². The highest BCUT2D eigenvalue weighted by atomic mass is 19.1. The van der Waals surface area contributed by atoms with Crippen molar-refractivity contribution in [3.05, 3.63) is 71.4 Å². The standard InChI is InChI=1S/C16H12FN3/c17-13-6-7-16-19-14(10-12-4-2-1-3-5-12)15(8-9-18)20(16)11-13/h1-7,11H,8,10H2. The van der Waals surface area contributed by atoms with E-state index in [1.54, 1.807) is 10.5 Å². The highest BCUT2D eigenvalue weighted by molar-refractivity contribution is 5.45. The van der Waals surface area contributed by atoms with Gasteiger partial charge in [0.05, 0.1) is 23.9 Å². The summed E-state index contributed by atoms with van der Waals surface area (Å²) in [6.07, 6.45) is 2.23. The Morgan fingerprint density at radius 2 is 1.95 bits per heavy atom. The van der Waals surface area contributed by atoms with Crippen molar-refractivity contribution in [3.8, 4) is 6.07 Å². The Hall–Kier alpha value is -2.67. The summed E-state index contributed by atoms with van der Waals surface area (Å²) in [6, 6.07) is 15.1. The molecule has 4 heteroatoms. The normalized spacial score (nSPS) is 10.6. The zero-order valence-electron chi connectivity index (χ0n) is 10.8. The molecule has 0 spiro atoms. The van der Waals surface area contributed by atoms with Crippen LogP contribution < -0.4 is 0 Å². The number of hydrogen-bond donors (Lipinski definition) is 0. The van der Waals surface area contributed by atoms with Crippen LogP contribution in [0.1, 0.15) is 17.0 Å². The van der Waals surface area contributed by atoms with Gasteiger partial charge in [0.2, 0.25) is 0 Å². The monoisotopic (exact) mass is 265 g/mol. The third kappa shape index (κ3) is 2.26. The first-order chi connectivity index (χ1) is 9.78. The van der Waals surface area contributed by atoms with Gasteiger partial charge in [-0.05, 0) is 17.7 Å². The molecule has 0 N–H and O–H groups in total. The van der Waals surface area contributed by atoms with E-state index in [9.17, 15) is 4.39 Å². The van der Waals surface area contributed by atoms with Gasteiger partial charge in [0.25, 0.3) is 0 Å². The summed E-state index contributed by atoms with van der Waals surface area (Å²) < 4.78 is 15.0. The maximum atomic E-state index is 13.4. The fourth-order valence-electron chi connectivity index (χ4n) is 2.31. The van der Waals surface area contributed by atoms with Crippen LogP contribution in [-0.2, 0) is 12.8 Å². The van der Waals surface area contributed by atoms with Crippen molar-refractivity contribution >= 4 is 5.65 Å². The number of nitriles is 1. The van der Waals surface area contributed by atoms with Gasteiger partial charge in [0, 0.05) is 12.6 Å². The van der Waals surface area contributed by atoms with Gasteiger partial charge in [-0.25, -0.2) is 9.37 Å². The van der Waals surface area contributed by atoms with Crippen LogP contribution in [0.2, 0.25) is 0 Å². The van der Waals surface area contributed by atoms with Crippen molar-refractivity contribution in [3.63, 3.8) is 0 Å². The number of hydrogen-bond acceptors (Lipinski definition) is 2. The molecule has 0 aliphatic carbocycles. The fourth-order valence-corrected chi connectivity index (χ4v) is 2.31. The molecule has 3 aromatic rings. The molecule has 0 radical (unpaired) electrons. The lowest BCUT2D eigenvalue weighted by Crippen LogP contribution is -1.97. The lowest BCUT2D eigenvalue weighted by Gasteiger charge is -2.01. The van der Waals surface area contributed by atoms with Crippen LogP contribution in [0, 0.1) is 17.1 Å². The summed E-state index contributed by atoms with van der Waals surface area (Å²) in [5.41, 5.74) is 3.37. The van der Waals surface area contributed by atoms with Crippen LogP contribution >= 0.6 is 0 Å². The van der Waals surface area contributed by atoms with Gasteiger partial charge in [-0.15, -0.1) is 0 Å². The molecule has 0 aliphatic heterocycles. The SMILES string of the molecule is N#CCc1c(Cc2ccccc2)nc2ccc(F)cn12. The van der Waals surface area contributed by atoms with Gasteiger partial charge < -0.3 is 0 Å². The summed E-state index contributed by atoms with van der Waals surface area (Å²) in [7, 11) is 0. The van der Waals surface area contributed by atoms with Crippen LogP contribution in [-0.4, -0.2) is 9.38 Å². The van der Waals surface area contributed by atoms with Crippen LogP contribution in [0.3, 0.4) is 0 Å². The van der Waals surface area contributed by atoms with Crippen molar-refractivity contribution in [2.75, 3.05) is 0 Å². The largest absolute Gasteiger partial charge is 0.300 e. The molecule has 1 aromatic carbocycles. The Morgan fingerprint density at radius 3 is 2.70 bits per heavy atom. The number of pyridine rings is 1. The number of aromatic nitrogens is 2. The molecule has 2 aromatic heterocycles. The topological polar surface area (TPSA) is 41.1 Å². The Morgan fingerprint density at radius 1 is 1.15 bits per heavy atom. The average molecular weight is 265 g/mol. The first kappa shape index (κ1) is 12.4. The van der Waals surface area contributed by atoms with Crippen molar-refractivity contribution in [2.45, 2.75) is 12.8 Å². The molecule has 3 nitrogen and oxygen atoms in total. The Kier molecular flexibility index (Phi) is 3.18. The smallest absolute Gasteiger partial charge is 0.139 e. The maximum Gasteiger partial charge on any atom is 0.139 e. The first-order valence-electron chi connectivity index (χ1n) is 6.34. The Bertz CT molecular complexity index is 785. The number of nitrogens with zero attached hydrogens (tertiary/aromatic N) is 3. The molecule has 0 atom stereocenters. The zero-order chi connectivity index (χ0) is 13.9. The molecule has 3 rings (SSSR count). The molecule has 0 unspecified atom stereocenters. The summed E-state index contributed by atoms with van der Waals surface area (Å²) in [5, 5.41) is 8.97. The van der Waals surface area contributed by atoms with E-state index >= 15 is 0 Å². The van der Waals surface area contributed by atoms with E-state index < -0.39 is 0 Å². The second-order valence-electron chi connectivity index (χ2n) is 4.58. The van der Waals surface area contributed by atoms with Gasteiger partial charge in [-0.1, -0.05) is 30.3 Å². The third-order valence-electron chi connectivity index (χ3n) is 3.23. The zero-order valence-corrected chi connectivity index (χ0v) is 10.8. The minimum Gasteiger partial charge on any atom is -0.300 e. The van der Waals surface area contributed by atoms with E-state index in [0.717, 1.165) is 17.0 Å². The van der Waals surface area contributed by atoms with Crippen LogP contribution in [0.4, 0.5) is 4.39 Å². The van der Waals surface area contributed by atoms with Crippen molar-refractivity contribution in [1.29, 1.82) is 5.26 Å². The van der Waals surface area contributed by atoms with Gasteiger partial charge in [-0.3, -0.25) is 4.40 Å². The summed E-state index contributed by atoms with van der Waals surface area (Å²) >= 11 is 0. The summed E-state index contributed by atoms with van der Waals surface area (Å²) in [6.45, 7) is 0. The van der Waals surface area contributed by atoms with Gasteiger partial charge in [-0.2, -0.15) is 5.26 Å². The van der Waals surface area contributed by atoms with Crippen molar-refractivity contribution < 1.29 is 4.39 Å². The predicted molar refractivity (Wildman–Crippen MR) is 73.7 cm³/mol. The number of benzene rings is 1. The van der Waals surface area contributed by atoms with Crippen LogP contribution in [0.15, 0.2) is 48.7 Å². The molecule has 20 heavy (non-hydrogen) atoms. The number of rotatable bonds is 3. The Balaban J connectivity index is 2.10. The van der Waals surface area contributed by atoms with Gasteiger partial charge in [0.1, 0.15) is 11.5 Å². The average Bonchev–Trinajstić information content (AvgIpc) is 2.78. The quantitative estimate of drug-likeness (QED) is 0.730. The molecule has 2 heterocycles. The lowest BCUT2D eigenvalue weighted by molar-refractivity contribution is 0.618. The predicted octanol–water partition coefficient (Wildman–Crippen LogP) is 3.13. The molecule has 0 saturated heterocycles. The molecule has 0 saturated carbocycles. The highest BCUT2D eigenvalue weighted by Crippen LogP contribution is 2.17. The summed E-state index contributed by atoms with van der Waals surface area (Å²) in [5.74, 6) is -0.333. The minimum absolute atomic E-state index is 0.215. The maximum absolute atomic E-state index is 13.4. The second-order valence-corrected chi connectivity index (χ2v) is 4.58. The second kappa shape index (κ2) is 5.14. The fraction of sp³-hybridized carbons (Fsp3) is 0.125. The van der Waals surface area contributed by atoms with E-state index in [1.807, 2.05) is 30.3 Å². The third-order valence-corrected chi connectivity index (χ3v) is 3.23. The number of halogens is 1. The van der Waals surface area contributed by atoms with E-state index in [1.165, 1.54) is 12.3 Å². The molecule has 98 valence electrons. The number of imidazole rings is 1. The van der Waals surface area contributed by atoms with Crippen molar-refractivity contribution in [2.24, 2.45) is 0 Å².